The molecule has 0 saturated carbocycles. The zero-order valence-corrected chi connectivity index (χ0v) is 14.9. The van der Waals surface area contributed by atoms with Crippen molar-refractivity contribution in [2.75, 3.05) is 32.6 Å². The molecule has 25 heavy (non-hydrogen) atoms. The molecule has 1 N–H and O–H groups in total. The predicted octanol–water partition coefficient (Wildman–Crippen LogP) is 3.08. The van der Waals surface area contributed by atoms with E-state index in [0.29, 0.717) is 12.3 Å². The van der Waals surface area contributed by atoms with Gasteiger partial charge in [0.2, 0.25) is 5.91 Å². The fourth-order valence-electron chi connectivity index (χ4n) is 3.34. The third kappa shape index (κ3) is 4.29. The highest BCUT2D eigenvalue weighted by atomic mass is 16.5. The summed E-state index contributed by atoms with van der Waals surface area (Å²) in [4.78, 5) is 19.0. The highest BCUT2D eigenvalue weighted by Gasteiger charge is 2.25. The van der Waals surface area contributed by atoms with Gasteiger partial charge in [0.15, 0.2) is 0 Å². The van der Waals surface area contributed by atoms with Gasteiger partial charge < -0.3 is 15.0 Å². The van der Waals surface area contributed by atoms with E-state index in [1.807, 2.05) is 42.4 Å². The first-order valence-corrected chi connectivity index (χ1v) is 8.74. The van der Waals surface area contributed by atoms with Crippen molar-refractivity contribution in [3.63, 3.8) is 0 Å². The van der Waals surface area contributed by atoms with Crippen LogP contribution in [-0.2, 0) is 11.2 Å². The largest absolute Gasteiger partial charge is 0.497 e. The first-order chi connectivity index (χ1) is 12.2. The molecule has 0 radical (unpaired) electrons. The lowest BCUT2D eigenvalue weighted by Gasteiger charge is -2.33. The van der Waals surface area contributed by atoms with Gasteiger partial charge in [-0.3, -0.25) is 4.79 Å². The van der Waals surface area contributed by atoms with Crippen molar-refractivity contribution in [1.29, 1.82) is 0 Å². The number of amides is 1. The van der Waals surface area contributed by atoms with Gasteiger partial charge in [-0.05, 0) is 48.2 Å². The van der Waals surface area contributed by atoms with Gasteiger partial charge in [-0.1, -0.05) is 12.1 Å². The number of piperidine rings is 1. The highest BCUT2D eigenvalue weighted by molar-refractivity contribution is 5.79. The number of likely N-dealkylation sites (tertiary alicyclic amines) is 1. The van der Waals surface area contributed by atoms with Crippen LogP contribution in [0.1, 0.15) is 29.9 Å². The Labute approximate surface area is 149 Å². The fourth-order valence-corrected chi connectivity index (χ4v) is 3.34. The maximum absolute atomic E-state index is 12.7. The maximum Gasteiger partial charge on any atom is 0.227 e. The molecule has 1 aliphatic rings. The molecule has 0 spiro atoms. The molecule has 1 amide bonds. The second kappa shape index (κ2) is 8.01. The minimum absolute atomic E-state index is 0.192. The summed E-state index contributed by atoms with van der Waals surface area (Å²) in [6, 6.07) is 11.9. The third-order valence-electron chi connectivity index (χ3n) is 4.80. The van der Waals surface area contributed by atoms with Gasteiger partial charge in [-0.2, -0.15) is 0 Å². The number of nitrogens with zero attached hydrogens (tertiary/aromatic N) is 2. The normalized spacial score (nSPS) is 17.2. The van der Waals surface area contributed by atoms with E-state index in [2.05, 4.69) is 22.4 Å². The number of methoxy groups -OCH3 is 1. The number of nitrogens with one attached hydrogen (secondary N) is 1. The molecule has 2 heterocycles. The molecule has 1 aliphatic heterocycles. The predicted molar refractivity (Wildman–Crippen MR) is 99.0 cm³/mol. The third-order valence-corrected chi connectivity index (χ3v) is 4.80. The molecule has 1 aromatic carbocycles. The van der Waals surface area contributed by atoms with Gasteiger partial charge >= 0.3 is 0 Å². The van der Waals surface area contributed by atoms with Crippen molar-refractivity contribution in [2.45, 2.75) is 25.2 Å². The monoisotopic (exact) mass is 339 g/mol. The lowest BCUT2D eigenvalue weighted by molar-refractivity contribution is -0.131. The van der Waals surface area contributed by atoms with Crippen molar-refractivity contribution in [3.05, 3.63) is 53.7 Å². The number of rotatable bonds is 5. The quantitative estimate of drug-likeness (QED) is 0.909. The summed E-state index contributed by atoms with van der Waals surface area (Å²) in [6.07, 6.45) is 4.42. The molecule has 3 rings (SSSR count). The number of hydrogen-bond acceptors (Lipinski definition) is 4. The molecule has 1 atom stereocenters. The number of pyridine rings is 1. The molecule has 1 fully saturated rings. The average molecular weight is 339 g/mol. The summed E-state index contributed by atoms with van der Waals surface area (Å²) in [5, 5.41) is 3.08. The van der Waals surface area contributed by atoms with Gasteiger partial charge in [-0.15, -0.1) is 0 Å². The number of aromatic nitrogens is 1. The maximum atomic E-state index is 12.7. The molecule has 0 bridgehead atoms. The van der Waals surface area contributed by atoms with Crippen LogP contribution < -0.4 is 10.1 Å². The summed E-state index contributed by atoms with van der Waals surface area (Å²) in [5.74, 6) is 2.26. The number of carbonyl (C=O) groups excluding carboxylic acids is 1. The van der Waals surface area contributed by atoms with Crippen LogP contribution >= 0.6 is 0 Å². The standard InChI is InChI=1S/C20H25N3O2/c1-21-19-13-16(9-10-22-19)17-4-3-11-23(14-17)20(24)12-15-5-7-18(25-2)8-6-15/h5-10,13,17H,3-4,11-12,14H2,1-2H3,(H,21,22)/t17-/m0/s1. The Morgan fingerprint density at radius 2 is 2.12 bits per heavy atom. The Balaban J connectivity index is 1.64. The van der Waals surface area contributed by atoms with Crippen LogP contribution in [0, 0.1) is 0 Å². The van der Waals surface area contributed by atoms with Gasteiger partial charge in [0.05, 0.1) is 13.5 Å². The Morgan fingerprint density at radius 3 is 2.84 bits per heavy atom. The number of carbonyl (C=O) groups is 1. The van der Waals surface area contributed by atoms with Crippen molar-refractivity contribution in [1.82, 2.24) is 9.88 Å². The van der Waals surface area contributed by atoms with Crippen molar-refractivity contribution in [3.8, 4) is 5.75 Å². The first-order valence-electron chi connectivity index (χ1n) is 8.74. The van der Waals surface area contributed by atoms with Gasteiger partial charge in [0.1, 0.15) is 11.6 Å². The van der Waals surface area contributed by atoms with E-state index in [1.54, 1.807) is 7.11 Å². The summed E-state index contributed by atoms with van der Waals surface area (Å²) >= 11 is 0. The molecule has 132 valence electrons. The molecule has 0 unspecified atom stereocenters. The summed E-state index contributed by atoms with van der Waals surface area (Å²) in [7, 11) is 3.52. The van der Waals surface area contributed by atoms with Crippen molar-refractivity contribution in [2.24, 2.45) is 0 Å². The summed E-state index contributed by atoms with van der Waals surface area (Å²) in [5.41, 5.74) is 2.27. The molecular weight excluding hydrogens is 314 g/mol. The number of anilines is 1. The molecule has 1 saturated heterocycles. The molecular formula is C20H25N3O2. The topological polar surface area (TPSA) is 54.5 Å². The van der Waals surface area contributed by atoms with Crippen LogP contribution in [0.5, 0.6) is 5.75 Å². The first kappa shape index (κ1) is 17.3. The molecule has 5 nitrogen and oxygen atoms in total. The fraction of sp³-hybridized carbons (Fsp3) is 0.400. The highest BCUT2D eigenvalue weighted by Crippen LogP contribution is 2.28. The molecule has 5 heteroatoms. The Hall–Kier alpha value is -2.56. The van der Waals surface area contributed by atoms with Crippen LogP contribution in [0.4, 0.5) is 5.82 Å². The smallest absolute Gasteiger partial charge is 0.227 e. The zero-order valence-electron chi connectivity index (χ0n) is 14.9. The van der Waals surface area contributed by atoms with E-state index in [9.17, 15) is 4.79 Å². The van der Waals surface area contributed by atoms with Crippen LogP contribution in [0.25, 0.3) is 0 Å². The van der Waals surface area contributed by atoms with Gasteiger partial charge in [0.25, 0.3) is 0 Å². The van der Waals surface area contributed by atoms with Crippen molar-refractivity contribution < 1.29 is 9.53 Å². The average Bonchev–Trinajstić information content (AvgIpc) is 2.68. The van der Waals surface area contributed by atoms with E-state index < -0.39 is 0 Å². The second-order valence-corrected chi connectivity index (χ2v) is 6.43. The minimum Gasteiger partial charge on any atom is -0.497 e. The van der Waals surface area contributed by atoms with Crippen LogP contribution in [0.15, 0.2) is 42.6 Å². The minimum atomic E-state index is 0.192. The van der Waals surface area contributed by atoms with Crippen LogP contribution in [0.3, 0.4) is 0 Å². The Bertz CT molecular complexity index is 715. The summed E-state index contributed by atoms with van der Waals surface area (Å²) < 4.78 is 5.17. The molecule has 2 aromatic rings. The second-order valence-electron chi connectivity index (χ2n) is 6.43. The number of hydrogen-bond donors (Lipinski definition) is 1. The summed E-state index contributed by atoms with van der Waals surface area (Å²) in [6.45, 7) is 1.62. The number of benzene rings is 1. The van der Waals surface area contributed by atoms with E-state index in [0.717, 1.165) is 43.1 Å². The SMILES string of the molecule is CNc1cc([C@H]2CCCN(C(=O)Cc3ccc(OC)cc3)C2)ccn1. The van der Waals surface area contributed by atoms with Crippen LogP contribution in [-0.4, -0.2) is 43.0 Å². The lowest BCUT2D eigenvalue weighted by atomic mass is 9.91. The molecule has 1 aromatic heterocycles. The van der Waals surface area contributed by atoms with E-state index >= 15 is 0 Å². The van der Waals surface area contributed by atoms with Crippen LogP contribution in [0.2, 0.25) is 0 Å². The van der Waals surface area contributed by atoms with E-state index in [4.69, 9.17) is 4.74 Å². The van der Waals surface area contributed by atoms with Gasteiger partial charge in [0, 0.05) is 32.3 Å². The van der Waals surface area contributed by atoms with Gasteiger partial charge in [-0.25, -0.2) is 4.98 Å². The van der Waals surface area contributed by atoms with Crippen molar-refractivity contribution >= 4 is 11.7 Å². The number of ether oxygens (including phenoxy) is 1. The molecule has 0 aliphatic carbocycles. The van der Waals surface area contributed by atoms with E-state index in [1.165, 1.54) is 5.56 Å². The van der Waals surface area contributed by atoms with E-state index in [-0.39, 0.29) is 5.91 Å². The lowest BCUT2D eigenvalue weighted by Crippen LogP contribution is -2.39. The zero-order chi connectivity index (χ0) is 17.6. The Kier molecular flexibility index (Phi) is 5.53. The Morgan fingerprint density at radius 1 is 1.32 bits per heavy atom.